The fourth-order valence-electron chi connectivity index (χ4n) is 6.83. The Hall–Kier alpha value is -8.45. The van der Waals surface area contributed by atoms with Gasteiger partial charge in [0.25, 0.3) is 0 Å². The first kappa shape index (κ1) is 134. The number of aromatic carboxylic acids is 1. The monoisotopic (exact) mass is 1870 g/mol. The number of phenolic OH excluding ortho intramolecular Hbond substituents is 1. The van der Waals surface area contributed by atoms with E-state index in [1.807, 2.05) is 91.8 Å². The van der Waals surface area contributed by atoms with Gasteiger partial charge in [0.05, 0.1) is 24.0 Å². The Labute approximate surface area is 744 Å². The van der Waals surface area contributed by atoms with Crippen LogP contribution in [0.15, 0.2) is 137 Å². The molecule has 4 rings (SSSR count). The molecule has 1 amide bonds. The van der Waals surface area contributed by atoms with Gasteiger partial charge < -0.3 is 84.3 Å². The summed E-state index contributed by atoms with van der Waals surface area (Å²) in [6.45, 7) is 44.1. The number of ether oxygens (including phenoxy) is 6. The number of hydrogen-bond donors (Lipinski definition) is 15. The molecule has 1 unspecified atom stereocenters. The largest absolute Gasteiger partial charge is 0.508 e. The number of carbonyl (C=O) groups is 8. The number of aromatic hydroxyl groups is 1. The van der Waals surface area contributed by atoms with Crippen molar-refractivity contribution in [2.24, 2.45) is 20.4 Å². The maximum absolute atomic E-state index is 11.7. The van der Waals surface area contributed by atoms with E-state index in [0.29, 0.717) is 56.3 Å². The fraction of sp³-hybridized carbons (Fsp3) is 0.570. The van der Waals surface area contributed by atoms with Crippen molar-refractivity contribution in [3.63, 3.8) is 0 Å². The first-order valence-corrected chi connectivity index (χ1v) is 42.2. The summed E-state index contributed by atoms with van der Waals surface area (Å²) in [7, 11) is 5.68. The normalized spacial score (nSPS) is 11.3. The summed E-state index contributed by atoms with van der Waals surface area (Å²) in [5, 5.41) is 101. The number of aliphatic hydroxyl groups is 5. The number of allylic oxidation sites excluding steroid dienone is 1. The molecule has 4 aromatic carbocycles. The van der Waals surface area contributed by atoms with E-state index < -0.39 is 86.7 Å². The van der Waals surface area contributed by atoms with Crippen molar-refractivity contribution in [2.75, 3.05) is 75.7 Å². The number of esters is 1. The summed E-state index contributed by atoms with van der Waals surface area (Å²) in [6.07, 6.45) is 6.83. The van der Waals surface area contributed by atoms with Crippen molar-refractivity contribution in [1.29, 1.82) is 0 Å². The van der Waals surface area contributed by atoms with E-state index in [-0.39, 0.29) is 46.4 Å². The Morgan fingerprint density at radius 1 is 0.669 bits per heavy atom. The van der Waals surface area contributed by atoms with Gasteiger partial charge in [0.2, 0.25) is 0 Å². The number of ketones is 3. The fourth-order valence-corrected chi connectivity index (χ4v) is 10.7. The number of carboxylic acids is 3. The van der Waals surface area contributed by atoms with Crippen molar-refractivity contribution in [3.8, 4) is 11.5 Å². The number of benzene rings is 4. The molecule has 0 aliphatic rings. The molecule has 38 heteroatoms. The number of nitrogens with zero attached hydrogens (tertiary/aromatic N) is 3. The molecule has 4 aromatic rings. The number of carboxylic acid groups (broad SMARTS) is 3. The van der Waals surface area contributed by atoms with E-state index in [1.54, 1.807) is 144 Å². The maximum atomic E-state index is 11.7. The van der Waals surface area contributed by atoms with Gasteiger partial charge in [-0.25, -0.2) is 39.8 Å². The SMILES string of the molecule is C/C=C/C(C)(C)OO.CC(=O)C(C)(C)OCC(=O)c1ccccc1.CC(=O)CCCNC(C)(C)P(=O)(O)OO.CC(C)(C)C(C)(C)OC(=O)CO.CC(C)(C)[Se]C(C)(C)O.CN=C=CO.CO.CO.COC.COC(C)(C)C(=O)O.COc1ccc(CC(C)(C)OC(=O)NO)cc1.CSC(C)(C)C(=O)O.O=C(O)c1ccccc1N=C=Nc1ccc(O)cc1. The summed E-state index contributed by atoms with van der Waals surface area (Å²) < 4.78 is 43.4. The van der Waals surface area contributed by atoms with Crippen LogP contribution in [0.2, 0.25) is 4.31 Å². The molecule has 0 radical (unpaired) electrons. The van der Waals surface area contributed by atoms with Crippen LogP contribution in [0, 0.1) is 5.41 Å². The van der Waals surface area contributed by atoms with Crippen LogP contribution in [0.4, 0.5) is 16.2 Å². The molecule has 35 nitrogen and oxygen atoms in total. The molecule has 124 heavy (non-hydrogen) atoms. The number of aliphatic carboxylic acids is 2. The van der Waals surface area contributed by atoms with Crippen molar-refractivity contribution < 1.29 is 147 Å². The molecule has 1 atom stereocenters. The number of thioether (sulfide) groups is 1. The summed E-state index contributed by atoms with van der Waals surface area (Å²) in [6, 6.07) is 31.4. The third kappa shape index (κ3) is 73.9. The second kappa shape index (κ2) is 69.7. The Bertz CT molecular complexity index is 3760. The average molecular weight is 1870 g/mol. The summed E-state index contributed by atoms with van der Waals surface area (Å²) >= 11 is 1.64. The Balaban J connectivity index is -0.000000171. The Morgan fingerprint density at radius 2 is 1.15 bits per heavy atom. The molecule has 0 fully saturated rings. The third-order valence-electron chi connectivity index (χ3n) is 15.1. The van der Waals surface area contributed by atoms with Crippen LogP contribution >= 0.6 is 19.4 Å². The van der Waals surface area contributed by atoms with Crippen LogP contribution in [-0.2, 0) is 68.2 Å². The number of phenols is 1. The second-order valence-corrected chi connectivity index (χ2v) is 40.0. The first-order valence-electron chi connectivity index (χ1n) is 37.7. The number of carbonyl (C=O) groups excluding carboxylic acids is 5. The summed E-state index contributed by atoms with van der Waals surface area (Å²) in [5.41, 5.74) is 0.163. The van der Waals surface area contributed by atoms with Crippen LogP contribution in [0.1, 0.15) is 212 Å². The minimum atomic E-state index is -4.08. The topological polar surface area (TPSA) is 552 Å². The number of para-hydroxylation sites is 1. The van der Waals surface area contributed by atoms with E-state index in [9.17, 15) is 52.9 Å². The van der Waals surface area contributed by atoms with Crippen LogP contribution in [0.25, 0.3) is 0 Å². The number of hydroxylamine groups is 1. The quantitative estimate of drug-likeness (QED) is 0.00215. The predicted octanol–water partition coefficient (Wildman–Crippen LogP) is 15.3. The van der Waals surface area contributed by atoms with Gasteiger partial charge in [-0.3, -0.25) is 29.4 Å². The Morgan fingerprint density at radius 3 is 1.47 bits per heavy atom. The second-order valence-electron chi connectivity index (χ2n) is 31.2. The van der Waals surface area contributed by atoms with E-state index >= 15 is 0 Å². The molecular formula is C86H146N5O30PSSe. The third-order valence-corrected chi connectivity index (χ3v) is 20.4. The predicted molar refractivity (Wildman–Crippen MR) is 485 cm³/mol. The summed E-state index contributed by atoms with van der Waals surface area (Å²) in [4.78, 5) is 111. The van der Waals surface area contributed by atoms with Gasteiger partial charge >= 0.3 is 101 Å². The van der Waals surface area contributed by atoms with Crippen molar-refractivity contribution >= 4 is 105 Å². The van der Waals surface area contributed by atoms with E-state index in [2.05, 4.69) is 72.0 Å². The van der Waals surface area contributed by atoms with Crippen LogP contribution < -0.4 is 15.5 Å². The number of rotatable bonds is 28. The van der Waals surface area contributed by atoms with Gasteiger partial charge in [-0.05, 0) is 191 Å². The number of methoxy groups -OCH3 is 3. The first-order chi connectivity index (χ1) is 56.7. The van der Waals surface area contributed by atoms with Crippen LogP contribution in [0.3, 0.4) is 0 Å². The molecular weight excluding hydrogens is 1720 g/mol. The Kier molecular flexibility index (Phi) is 75.1. The van der Waals surface area contributed by atoms with E-state index in [0.717, 1.165) is 31.8 Å². The number of amides is 1. The minimum Gasteiger partial charge on any atom is -0.508 e. The van der Waals surface area contributed by atoms with Crippen LogP contribution in [0.5, 0.6) is 11.5 Å². The van der Waals surface area contributed by atoms with Crippen LogP contribution in [-0.4, -0.2) is 259 Å². The van der Waals surface area contributed by atoms with Gasteiger partial charge in [0, 0.05) is 72.3 Å². The van der Waals surface area contributed by atoms with Crippen molar-refractivity contribution in [1.82, 2.24) is 10.8 Å². The van der Waals surface area contributed by atoms with Gasteiger partial charge in [-0.15, -0.1) is 11.8 Å². The molecule has 0 bridgehead atoms. The van der Waals surface area contributed by atoms with Crippen molar-refractivity contribution in [3.05, 3.63) is 138 Å². The molecule has 0 spiro atoms. The zero-order valence-electron chi connectivity index (χ0n) is 78.6. The standard InChI is InChI=1S/C14H10N2O3.C13H16O3.C12H17NO4.C9H18O3.C8H18NO5P.C7H16OSe.C6H12O2.C5H10O3.C5H10O2S.C3H5NO.C2H6O.2CH4O/c17-11-7-5-10(6-8-11)15-9-16-13-4-2-1-3-12(13)14(18)19;1-10(14)13(2,3)16-9-12(15)11-7-5-4-6-8-11;1-12(2,17-11(14)13-15)8-9-4-6-10(16-3)7-5-9;1-8(2,3)9(4,5)12-7(11)6-10;1-7(10)5-4-6-9-8(2,3)15(12,13)14-11;1-6(2,3)9-7(4,5)8;1-4-5-6(2,3)8-7;2*1-5(2,8-3)4(6)7;1-4-2-3-5;1-3-2;2*1-2/h1-8,17H,(H,18,19);4-8H,9H2,1-3H3;4-7,15H,8H2,1-3H3,(H,13,14);10H,6H2,1-5H3;9,11H,4-6H2,1-3H3,(H,12,13);8H,1-5H3;4-5,7H,1-3H3;2*1-3H3,(H,6,7);3,5H,1H3;1-2H3;2*2H,1H3/b;;;;;;5-4+;;;;;;. The minimum absolute atomic E-state index is 0.0696. The molecule has 0 saturated carbocycles. The molecule has 712 valence electrons. The summed E-state index contributed by atoms with van der Waals surface area (Å²) in [5.74, 6) is -0.373. The molecule has 0 saturated heterocycles. The molecule has 15 N–H and O–H groups in total. The maximum Gasteiger partial charge on any atom is 0.431 e. The molecule has 0 aliphatic heterocycles. The molecule has 0 heterocycles. The number of aliphatic hydroxyl groups excluding tert-OH is 4. The van der Waals surface area contributed by atoms with E-state index in [1.165, 1.54) is 91.1 Å². The molecule has 0 aromatic heterocycles. The van der Waals surface area contributed by atoms with E-state index in [4.69, 9.17) is 75.5 Å². The van der Waals surface area contributed by atoms with Gasteiger partial charge in [0.15, 0.2) is 17.2 Å². The zero-order chi connectivity index (χ0) is 99.6. The zero-order valence-corrected chi connectivity index (χ0v) is 82.1. The van der Waals surface area contributed by atoms with Gasteiger partial charge in [-0.2, -0.15) is 14.7 Å². The van der Waals surface area contributed by atoms with Gasteiger partial charge in [0.1, 0.15) is 75.2 Å². The number of aliphatic imine (C=N–C) groups is 3. The number of hydrogen-bond acceptors (Lipinski definition) is 31. The smallest absolute Gasteiger partial charge is 0.431 e. The number of Topliss-reactive ketones (excluding diaryl/α,β-unsaturated/α-hetero) is 3. The number of nitrogens with one attached hydrogen (secondary N) is 2. The van der Waals surface area contributed by atoms with Gasteiger partial charge in [-0.1, -0.05) is 87.5 Å². The molecule has 0 aliphatic carbocycles. The van der Waals surface area contributed by atoms with Crippen molar-refractivity contribution in [2.45, 2.75) is 239 Å². The average Bonchev–Trinajstić information content (AvgIpc) is 0.842.